The SMILES string of the molecule is CCOC(=O)C1=C(C)NC(SCC(=O)Nc2ccc(C)c(C)c2)=N[C@@H]1c1ccc(Cl)cc1. The van der Waals surface area contributed by atoms with E-state index in [1.165, 1.54) is 17.3 Å². The lowest BCUT2D eigenvalue weighted by molar-refractivity contribution is -0.139. The number of thioether (sulfide) groups is 1. The lowest BCUT2D eigenvalue weighted by Gasteiger charge is -2.25. The lowest BCUT2D eigenvalue weighted by Crippen LogP contribution is -2.31. The predicted molar refractivity (Wildman–Crippen MR) is 131 cm³/mol. The van der Waals surface area contributed by atoms with Gasteiger partial charge in [-0.1, -0.05) is 41.6 Å². The Hall–Kier alpha value is -2.77. The normalized spacial score (nSPS) is 15.7. The third kappa shape index (κ3) is 5.93. The van der Waals surface area contributed by atoms with Gasteiger partial charge >= 0.3 is 5.97 Å². The van der Waals surface area contributed by atoms with Crippen LogP contribution in [-0.2, 0) is 14.3 Å². The molecule has 3 rings (SSSR count). The van der Waals surface area contributed by atoms with E-state index < -0.39 is 12.0 Å². The number of hydrogen-bond donors (Lipinski definition) is 2. The van der Waals surface area contributed by atoms with Gasteiger partial charge in [-0.2, -0.15) is 0 Å². The first-order valence-corrected chi connectivity index (χ1v) is 11.6. The number of aryl methyl sites for hydroxylation is 2. The average Bonchev–Trinajstić information content (AvgIpc) is 2.75. The summed E-state index contributed by atoms with van der Waals surface area (Å²) in [7, 11) is 0. The summed E-state index contributed by atoms with van der Waals surface area (Å²) < 4.78 is 5.24. The van der Waals surface area contributed by atoms with E-state index in [0.29, 0.717) is 21.5 Å². The number of esters is 1. The topological polar surface area (TPSA) is 79.8 Å². The van der Waals surface area contributed by atoms with Crippen molar-refractivity contribution in [1.82, 2.24) is 5.32 Å². The third-order valence-electron chi connectivity index (χ3n) is 5.03. The predicted octanol–water partition coefficient (Wildman–Crippen LogP) is 5.17. The van der Waals surface area contributed by atoms with Gasteiger partial charge in [-0.15, -0.1) is 0 Å². The number of anilines is 1. The van der Waals surface area contributed by atoms with Crippen molar-refractivity contribution in [3.8, 4) is 0 Å². The molecule has 6 nitrogen and oxygen atoms in total. The zero-order chi connectivity index (χ0) is 23.3. The Morgan fingerprint density at radius 2 is 1.84 bits per heavy atom. The number of carbonyl (C=O) groups is 2. The summed E-state index contributed by atoms with van der Waals surface area (Å²) in [4.78, 5) is 29.8. The fourth-order valence-corrected chi connectivity index (χ4v) is 4.10. The molecule has 0 saturated carbocycles. The van der Waals surface area contributed by atoms with Crippen molar-refractivity contribution in [2.24, 2.45) is 4.99 Å². The molecule has 0 radical (unpaired) electrons. The van der Waals surface area contributed by atoms with Gasteiger partial charge in [0, 0.05) is 16.4 Å². The summed E-state index contributed by atoms with van der Waals surface area (Å²) in [6, 6.07) is 12.5. The van der Waals surface area contributed by atoms with Gasteiger partial charge in [-0.25, -0.2) is 9.79 Å². The van der Waals surface area contributed by atoms with Crippen LogP contribution in [-0.4, -0.2) is 29.4 Å². The number of allylic oxidation sites excluding steroid dienone is 1. The van der Waals surface area contributed by atoms with Gasteiger partial charge in [0.25, 0.3) is 0 Å². The number of amidine groups is 1. The Morgan fingerprint density at radius 3 is 2.50 bits per heavy atom. The average molecular weight is 472 g/mol. The molecule has 1 atom stereocenters. The summed E-state index contributed by atoms with van der Waals surface area (Å²) in [5.74, 6) is -0.380. The first-order chi connectivity index (χ1) is 15.3. The minimum absolute atomic E-state index is 0.136. The van der Waals surface area contributed by atoms with E-state index in [4.69, 9.17) is 21.3 Å². The molecule has 0 aromatic heterocycles. The second kappa shape index (κ2) is 10.7. The van der Waals surface area contributed by atoms with Crippen LogP contribution < -0.4 is 10.6 Å². The van der Waals surface area contributed by atoms with Crippen molar-refractivity contribution in [3.63, 3.8) is 0 Å². The molecule has 168 valence electrons. The fraction of sp³-hybridized carbons (Fsp3) is 0.292. The molecule has 1 heterocycles. The smallest absolute Gasteiger partial charge is 0.338 e. The third-order valence-corrected chi connectivity index (χ3v) is 6.17. The van der Waals surface area contributed by atoms with Crippen molar-refractivity contribution in [2.75, 3.05) is 17.7 Å². The van der Waals surface area contributed by atoms with Crippen LogP contribution in [0.1, 0.15) is 36.6 Å². The van der Waals surface area contributed by atoms with E-state index in [2.05, 4.69) is 10.6 Å². The van der Waals surface area contributed by atoms with Crippen LogP contribution in [0.5, 0.6) is 0 Å². The van der Waals surface area contributed by atoms with E-state index >= 15 is 0 Å². The van der Waals surface area contributed by atoms with Gasteiger partial charge in [0.05, 0.1) is 17.9 Å². The number of amides is 1. The molecule has 0 unspecified atom stereocenters. The molecule has 1 aliphatic rings. The number of hydrogen-bond acceptors (Lipinski definition) is 6. The summed E-state index contributed by atoms with van der Waals surface area (Å²) in [6.45, 7) is 7.88. The van der Waals surface area contributed by atoms with Gasteiger partial charge in [-0.3, -0.25) is 4.79 Å². The van der Waals surface area contributed by atoms with E-state index in [-0.39, 0.29) is 18.3 Å². The highest BCUT2D eigenvalue weighted by Crippen LogP contribution is 2.33. The summed E-state index contributed by atoms with van der Waals surface area (Å²) >= 11 is 7.30. The van der Waals surface area contributed by atoms with Gasteiger partial charge in [0.2, 0.25) is 5.91 Å². The Balaban J connectivity index is 1.75. The largest absolute Gasteiger partial charge is 0.463 e. The molecule has 0 bridgehead atoms. The first-order valence-electron chi connectivity index (χ1n) is 10.3. The highest BCUT2D eigenvalue weighted by molar-refractivity contribution is 8.14. The van der Waals surface area contributed by atoms with Crippen molar-refractivity contribution < 1.29 is 14.3 Å². The number of nitrogens with one attached hydrogen (secondary N) is 2. The Morgan fingerprint density at radius 1 is 1.12 bits per heavy atom. The molecule has 2 aromatic carbocycles. The minimum Gasteiger partial charge on any atom is -0.463 e. The second-order valence-electron chi connectivity index (χ2n) is 7.41. The molecule has 2 N–H and O–H groups in total. The van der Waals surface area contributed by atoms with Crippen molar-refractivity contribution >= 4 is 46.1 Å². The molecule has 0 saturated heterocycles. The number of benzene rings is 2. The Kier molecular flexibility index (Phi) is 7.99. The van der Waals surface area contributed by atoms with Gasteiger partial charge < -0.3 is 15.4 Å². The summed E-state index contributed by atoms with van der Waals surface area (Å²) in [6.07, 6.45) is 0. The van der Waals surface area contributed by atoms with Crippen LogP contribution in [0.2, 0.25) is 5.02 Å². The maximum absolute atomic E-state index is 12.6. The van der Waals surface area contributed by atoms with Gasteiger partial charge in [0.1, 0.15) is 6.04 Å². The second-order valence-corrected chi connectivity index (χ2v) is 8.81. The van der Waals surface area contributed by atoms with Crippen LogP contribution in [0.15, 0.2) is 58.7 Å². The van der Waals surface area contributed by atoms with Crippen molar-refractivity contribution in [1.29, 1.82) is 0 Å². The molecule has 32 heavy (non-hydrogen) atoms. The maximum atomic E-state index is 12.6. The molecule has 0 fully saturated rings. The lowest BCUT2D eigenvalue weighted by atomic mass is 9.97. The minimum atomic E-state index is -0.544. The number of halogens is 1. The standard InChI is InChI=1S/C24H26ClN3O3S/c1-5-31-23(30)21-16(4)26-24(28-22(21)17-7-9-18(25)10-8-17)32-13-20(29)27-19-11-6-14(2)15(3)12-19/h6-12,22H,5,13H2,1-4H3,(H,26,28)(H,27,29)/t22-/m1/s1. The van der Waals surface area contributed by atoms with E-state index in [9.17, 15) is 9.59 Å². The highest BCUT2D eigenvalue weighted by atomic mass is 35.5. The van der Waals surface area contributed by atoms with E-state index in [1.807, 2.05) is 44.2 Å². The number of nitrogens with zero attached hydrogens (tertiary/aromatic N) is 1. The first kappa shape index (κ1) is 23.9. The molecule has 0 aliphatic carbocycles. The molecule has 1 amide bonds. The van der Waals surface area contributed by atoms with Crippen LogP contribution in [0.4, 0.5) is 5.69 Å². The van der Waals surface area contributed by atoms with Crippen LogP contribution in [0.25, 0.3) is 0 Å². The van der Waals surface area contributed by atoms with Gasteiger partial charge in [-0.05, 0) is 68.7 Å². The van der Waals surface area contributed by atoms with Crippen LogP contribution >= 0.6 is 23.4 Å². The van der Waals surface area contributed by atoms with Crippen molar-refractivity contribution in [3.05, 3.63) is 75.4 Å². The number of aliphatic imine (C=N–C) groups is 1. The fourth-order valence-electron chi connectivity index (χ4n) is 3.23. The summed E-state index contributed by atoms with van der Waals surface area (Å²) in [5, 5.41) is 7.21. The molecular formula is C24H26ClN3O3S. The maximum Gasteiger partial charge on any atom is 0.338 e. The zero-order valence-electron chi connectivity index (χ0n) is 18.5. The number of rotatable bonds is 6. The van der Waals surface area contributed by atoms with Gasteiger partial charge in [0.15, 0.2) is 5.17 Å². The summed E-state index contributed by atoms with van der Waals surface area (Å²) in [5.41, 5.74) is 4.96. The van der Waals surface area contributed by atoms with Crippen LogP contribution in [0, 0.1) is 13.8 Å². The Labute approximate surface area is 197 Å². The quantitative estimate of drug-likeness (QED) is 0.568. The highest BCUT2D eigenvalue weighted by Gasteiger charge is 2.30. The number of carbonyl (C=O) groups excluding carboxylic acids is 2. The molecule has 0 spiro atoms. The zero-order valence-corrected chi connectivity index (χ0v) is 20.1. The molecule has 2 aromatic rings. The molecule has 8 heteroatoms. The van der Waals surface area contributed by atoms with E-state index in [0.717, 1.165) is 16.8 Å². The van der Waals surface area contributed by atoms with E-state index in [1.54, 1.807) is 26.0 Å². The van der Waals surface area contributed by atoms with Crippen LogP contribution in [0.3, 0.4) is 0 Å². The molecular weight excluding hydrogens is 446 g/mol. The number of ether oxygens (including phenoxy) is 1. The van der Waals surface area contributed by atoms with Crippen molar-refractivity contribution in [2.45, 2.75) is 33.7 Å². The monoisotopic (exact) mass is 471 g/mol. The Bertz CT molecular complexity index is 1080. The molecule has 1 aliphatic heterocycles.